The minimum Gasteiger partial charge on any atom is -0.383 e. The minimum atomic E-state index is -3.61. The van der Waals surface area contributed by atoms with Gasteiger partial charge in [-0.15, -0.1) is 0 Å². The van der Waals surface area contributed by atoms with Crippen molar-refractivity contribution in [3.8, 4) is 0 Å². The standard InChI is InChI=1S/C21H26ClN3O4S/c1-29-15-10-23-30(27,28)20-8-4-18(5-9-20)21(26)25-13-11-24(12-14-25)16-17-2-6-19(22)7-3-17/h2-9,23H,10-16H2,1H3. The third-order valence-corrected chi connectivity index (χ3v) is 6.72. The Kier molecular flexibility index (Phi) is 7.85. The molecule has 3 rings (SSSR count). The number of carbonyl (C=O) groups is 1. The third-order valence-electron chi connectivity index (χ3n) is 4.99. The number of sulfonamides is 1. The van der Waals surface area contributed by atoms with Crippen LogP contribution in [0, 0.1) is 0 Å². The number of ether oxygens (including phenoxy) is 1. The fraction of sp³-hybridized carbons (Fsp3) is 0.381. The van der Waals surface area contributed by atoms with E-state index < -0.39 is 10.0 Å². The van der Waals surface area contributed by atoms with Crippen LogP contribution in [0.5, 0.6) is 0 Å². The zero-order valence-corrected chi connectivity index (χ0v) is 18.5. The highest BCUT2D eigenvalue weighted by Gasteiger charge is 2.23. The van der Waals surface area contributed by atoms with Crippen LogP contribution in [0.4, 0.5) is 0 Å². The molecular formula is C21H26ClN3O4S. The van der Waals surface area contributed by atoms with Crippen molar-refractivity contribution in [3.05, 3.63) is 64.7 Å². The van der Waals surface area contributed by atoms with Gasteiger partial charge >= 0.3 is 0 Å². The van der Waals surface area contributed by atoms with Gasteiger partial charge in [-0.2, -0.15) is 0 Å². The molecule has 0 spiro atoms. The Labute approximate surface area is 182 Å². The molecule has 0 atom stereocenters. The van der Waals surface area contributed by atoms with Gasteiger partial charge in [-0.3, -0.25) is 9.69 Å². The average molecular weight is 452 g/mol. The topological polar surface area (TPSA) is 78.9 Å². The molecule has 1 aliphatic heterocycles. The van der Waals surface area contributed by atoms with Crippen molar-refractivity contribution in [1.29, 1.82) is 0 Å². The van der Waals surface area contributed by atoms with Gasteiger partial charge in [0.1, 0.15) is 0 Å². The molecule has 30 heavy (non-hydrogen) atoms. The van der Waals surface area contributed by atoms with Gasteiger partial charge in [0.05, 0.1) is 11.5 Å². The fourth-order valence-corrected chi connectivity index (χ4v) is 4.42. The monoisotopic (exact) mass is 451 g/mol. The quantitative estimate of drug-likeness (QED) is 0.622. The van der Waals surface area contributed by atoms with Crippen LogP contribution in [0.1, 0.15) is 15.9 Å². The number of benzene rings is 2. The predicted molar refractivity (Wildman–Crippen MR) is 116 cm³/mol. The average Bonchev–Trinajstić information content (AvgIpc) is 2.76. The van der Waals surface area contributed by atoms with Gasteiger partial charge in [-0.1, -0.05) is 23.7 Å². The van der Waals surface area contributed by atoms with E-state index in [1.54, 1.807) is 17.0 Å². The van der Waals surface area contributed by atoms with Gasteiger partial charge in [0.25, 0.3) is 5.91 Å². The number of nitrogens with zero attached hydrogens (tertiary/aromatic N) is 2. The van der Waals surface area contributed by atoms with E-state index in [2.05, 4.69) is 9.62 Å². The Morgan fingerprint density at radius 3 is 2.27 bits per heavy atom. The van der Waals surface area contributed by atoms with Crippen molar-refractivity contribution in [2.24, 2.45) is 0 Å². The second-order valence-electron chi connectivity index (χ2n) is 7.11. The van der Waals surface area contributed by atoms with Crippen molar-refractivity contribution in [3.63, 3.8) is 0 Å². The third kappa shape index (κ3) is 6.02. The Morgan fingerprint density at radius 1 is 1.03 bits per heavy atom. The van der Waals surface area contributed by atoms with Crippen LogP contribution in [0.2, 0.25) is 5.02 Å². The lowest BCUT2D eigenvalue weighted by Gasteiger charge is -2.34. The maximum Gasteiger partial charge on any atom is 0.253 e. The molecule has 2 aromatic carbocycles. The summed E-state index contributed by atoms with van der Waals surface area (Å²) in [6, 6.07) is 13.8. The van der Waals surface area contributed by atoms with Gasteiger partial charge in [0.15, 0.2) is 0 Å². The lowest BCUT2D eigenvalue weighted by atomic mass is 10.1. The van der Waals surface area contributed by atoms with E-state index in [4.69, 9.17) is 16.3 Å². The number of carbonyl (C=O) groups excluding carboxylic acids is 1. The molecule has 1 fully saturated rings. The molecule has 0 radical (unpaired) electrons. The first kappa shape index (κ1) is 22.7. The molecule has 0 bridgehead atoms. The summed E-state index contributed by atoms with van der Waals surface area (Å²) in [6.07, 6.45) is 0. The molecule has 7 nitrogen and oxygen atoms in total. The van der Waals surface area contributed by atoms with Crippen LogP contribution >= 0.6 is 11.6 Å². The second kappa shape index (κ2) is 10.4. The first-order valence-electron chi connectivity index (χ1n) is 9.74. The van der Waals surface area contributed by atoms with Crippen molar-refractivity contribution >= 4 is 27.5 Å². The first-order valence-corrected chi connectivity index (χ1v) is 11.6. The van der Waals surface area contributed by atoms with Crippen LogP contribution in [0.25, 0.3) is 0 Å². The van der Waals surface area contributed by atoms with Crippen molar-refractivity contribution in [1.82, 2.24) is 14.5 Å². The minimum absolute atomic E-state index is 0.0857. The number of nitrogens with one attached hydrogen (secondary N) is 1. The van der Waals surface area contributed by atoms with Crippen LogP contribution in [0.3, 0.4) is 0 Å². The highest BCUT2D eigenvalue weighted by Crippen LogP contribution is 2.16. The van der Waals surface area contributed by atoms with Crippen molar-refractivity contribution < 1.29 is 17.9 Å². The summed E-state index contributed by atoms with van der Waals surface area (Å²) in [5, 5.41) is 0.721. The second-order valence-corrected chi connectivity index (χ2v) is 9.31. The lowest BCUT2D eigenvalue weighted by Crippen LogP contribution is -2.48. The summed E-state index contributed by atoms with van der Waals surface area (Å²) in [5.74, 6) is -0.0857. The Hall–Kier alpha value is -1.97. The molecule has 0 aromatic heterocycles. The van der Waals surface area contributed by atoms with Crippen molar-refractivity contribution in [2.45, 2.75) is 11.4 Å². The van der Waals surface area contributed by atoms with E-state index in [-0.39, 0.29) is 17.3 Å². The number of rotatable bonds is 8. The maximum absolute atomic E-state index is 12.8. The summed E-state index contributed by atoms with van der Waals surface area (Å²) in [6.45, 7) is 4.13. The number of piperazine rings is 1. The zero-order valence-electron chi connectivity index (χ0n) is 16.9. The largest absolute Gasteiger partial charge is 0.383 e. The SMILES string of the molecule is COCCNS(=O)(=O)c1ccc(C(=O)N2CCN(Cc3ccc(Cl)cc3)CC2)cc1. The molecule has 1 saturated heterocycles. The fourth-order valence-electron chi connectivity index (χ4n) is 3.28. The normalized spacial score (nSPS) is 15.3. The van der Waals surface area contributed by atoms with Gasteiger partial charge < -0.3 is 9.64 Å². The van der Waals surface area contributed by atoms with Crippen LogP contribution < -0.4 is 4.72 Å². The Balaban J connectivity index is 1.54. The van der Waals surface area contributed by atoms with Gasteiger partial charge in [-0.25, -0.2) is 13.1 Å². The van der Waals surface area contributed by atoms with E-state index in [9.17, 15) is 13.2 Å². The lowest BCUT2D eigenvalue weighted by molar-refractivity contribution is 0.0628. The highest BCUT2D eigenvalue weighted by atomic mass is 35.5. The molecule has 0 saturated carbocycles. The number of hydrogen-bond acceptors (Lipinski definition) is 5. The molecule has 1 N–H and O–H groups in total. The molecule has 1 amide bonds. The number of hydrogen-bond donors (Lipinski definition) is 1. The molecular weight excluding hydrogens is 426 g/mol. The Morgan fingerprint density at radius 2 is 1.67 bits per heavy atom. The number of amides is 1. The molecule has 162 valence electrons. The van der Waals surface area contributed by atoms with Crippen molar-refractivity contribution in [2.75, 3.05) is 46.4 Å². The van der Waals surface area contributed by atoms with Crippen LogP contribution in [0.15, 0.2) is 53.4 Å². The van der Waals surface area contributed by atoms with E-state index >= 15 is 0 Å². The summed E-state index contributed by atoms with van der Waals surface area (Å²) < 4.78 is 31.7. The molecule has 9 heteroatoms. The van der Waals surface area contributed by atoms with Gasteiger partial charge in [-0.05, 0) is 42.0 Å². The maximum atomic E-state index is 12.8. The van der Waals surface area contributed by atoms with Crippen LogP contribution in [-0.2, 0) is 21.3 Å². The smallest absolute Gasteiger partial charge is 0.253 e. The van der Waals surface area contributed by atoms with Gasteiger partial charge in [0.2, 0.25) is 10.0 Å². The number of methoxy groups -OCH3 is 1. The summed E-state index contributed by atoms with van der Waals surface area (Å²) >= 11 is 5.93. The zero-order chi connectivity index (χ0) is 21.6. The summed E-state index contributed by atoms with van der Waals surface area (Å²) in [5.41, 5.74) is 1.67. The summed E-state index contributed by atoms with van der Waals surface area (Å²) in [7, 11) is -2.10. The molecule has 0 unspecified atom stereocenters. The van der Waals surface area contributed by atoms with E-state index in [1.807, 2.05) is 24.3 Å². The van der Waals surface area contributed by atoms with E-state index in [1.165, 1.54) is 24.8 Å². The number of halogens is 1. The highest BCUT2D eigenvalue weighted by molar-refractivity contribution is 7.89. The van der Waals surface area contributed by atoms with Gasteiger partial charge in [0, 0.05) is 57.0 Å². The van der Waals surface area contributed by atoms with E-state index in [0.717, 1.165) is 24.7 Å². The summed E-state index contributed by atoms with van der Waals surface area (Å²) in [4.78, 5) is 17.0. The molecule has 1 aliphatic rings. The van der Waals surface area contributed by atoms with E-state index in [0.29, 0.717) is 25.3 Å². The molecule has 2 aromatic rings. The Bertz CT molecular complexity index is 941. The predicted octanol–water partition coefficient (Wildman–Crippen LogP) is 2.22. The molecule has 1 heterocycles. The molecule has 0 aliphatic carbocycles. The van der Waals surface area contributed by atoms with Crippen LogP contribution in [-0.4, -0.2) is 70.6 Å². The first-order chi connectivity index (χ1) is 14.4.